The van der Waals surface area contributed by atoms with Gasteiger partial charge in [-0.25, -0.2) is 9.37 Å². The lowest BCUT2D eigenvalue weighted by Gasteiger charge is -2.21. The smallest absolute Gasteiger partial charge is 0.275 e. The second-order valence-corrected chi connectivity index (χ2v) is 6.23. The van der Waals surface area contributed by atoms with Gasteiger partial charge in [0.05, 0.1) is 6.20 Å². The number of benzene rings is 1. The summed E-state index contributed by atoms with van der Waals surface area (Å²) < 4.78 is 18.9. The normalized spacial score (nSPS) is 16.8. The van der Waals surface area contributed by atoms with Crippen LogP contribution in [-0.4, -0.2) is 32.5 Å². The Morgan fingerprint density at radius 3 is 2.88 bits per heavy atom. The molecule has 3 aromatic rings. The van der Waals surface area contributed by atoms with Crippen molar-refractivity contribution in [3.63, 3.8) is 0 Å². The van der Waals surface area contributed by atoms with Gasteiger partial charge in [0.1, 0.15) is 17.6 Å². The molecule has 1 saturated heterocycles. The minimum Gasteiger partial charge on any atom is -0.443 e. The standard InChI is InChI=1S/C19H17FN4O2/c20-14-7-5-13(6-8-14)11-15-12-21-18(26-15)17-4-2-10-24(17)19(25)16-3-1-9-22-23-16/h1,3,5-9,12,17H,2,4,10-11H2. The largest absolute Gasteiger partial charge is 0.443 e. The molecule has 0 N–H and O–H groups in total. The van der Waals surface area contributed by atoms with E-state index in [1.807, 2.05) is 0 Å². The molecule has 26 heavy (non-hydrogen) atoms. The molecule has 1 aliphatic heterocycles. The molecule has 1 unspecified atom stereocenters. The summed E-state index contributed by atoms with van der Waals surface area (Å²) in [6.07, 6.45) is 5.41. The predicted molar refractivity (Wildman–Crippen MR) is 90.8 cm³/mol. The van der Waals surface area contributed by atoms with E-state index in [1.165, 1.54) is 18.3 Å². The first-order valence-electron chi connectivity index (χ1n) is 8.48. The highest BCUT2D eigenvalue weighted by Crippen LogP contribution is 2.32. The van der Waals surface area contributed by atoms with Crippen molar-refractivity contribution in [1.29, 1.82) is 0 Å². The fourth-order valence-electron chi connectivity index (χ4n) is 3.19. The third-order valence-electron chi connectivity index (χ3n) is 4.45. The minimum atomic E-state index is -0.267. The second-order valence-electron chi connectivity index (χ2n) is 6.23. The molecular formula is C19H17FN4O2. The molecule has 0 spiro atoms. The van der Waals surface area contributed by atoms with Crippen molar-refractivity contribution in [3.05, 3.63) is 77.5 Å². The molecule has 3 heterocycles. The number of carbonyl (C=O) groups excluding carboxylic acids is 1. The molecular weight excluding hydrogens is 335 g/mol. The van der Waals surface area contributed by atoms with E-state index in [4.69, 9.17) is 4.42 Å². The molecule has 4 rings (SSSR count). The van der Waals surface area contributed by atoms with E-state index < -0.39 is 0 Å². The summed E-state index contributed by atoms with van der Waals surface area (Å²) in [4.78, 5) is 18.8. The Balaban J connectivity index is 1.51. The Morgan fingerprint density at radius 2 is 2.12 bits per heavy atom. The van der Waals surface area contributed by atoms with E-state index in [9.17, 15) is 9.18 Å². The minimum absolute atomic E-state index is 0.168. The van der Waals surface area contributed by atoms with Gasteiger partial charge in [-0.1, -0.05) is 12.1 Å². The molecule has 2 aromatic heterocycles. The van der Waals surface area contributed by atoms with Gasteiger partial charge in [0.25, 0.3) is 5.91 Å². The molecule has 1 amide bonds. The summed E-state index contributed by atoms with van der Waals surface area (Å²) >= 11 is 0. The lowest BCUT2D eigenvalue weighted by molar-refractivity contribution is 0.0707. The molecule has 0 bridgehead atoms. The third-order valence-corrected chi connectivity index (χ3v) is 4.45. The molecule has 132 valence electrons. The van der Waals surface area contributed by atoms with Crippen molar-refractivity contribution in [2.45, 2.75) is 25.3 Å². The van der Waals surface area contributed by atoms with Gasteiger partial charge in [0.2, 0.25) is 5.89 Å². The van der Waals surface area contributed by atoms with Crippen LogP contribution in [0.25, 0.3) is 0 Å². The summed E-state index contributed by atoms with van der Waals surface area (Å²) in [5.41, 5.74) is 1.26. The summed E-state index contributed by atoms with van der Waals surface area (Å²) in [6, 6.07) is 9.42. The number of nitrogens with zero attached hydrogens (tertiary/aromatic N) is 4. The number of rotatable bonds is 4. The molecule has 1 atom stereocenters. The Labute approximate surface area is 149 Å². The summed E-state index contributed by atoms with van der Waals surface area (Å²) in [6.45, 7) is 0.635. The van der Waals surface area contributed by atoms with Crippen LogP contribution in [0, 0.1) is 5.82 Å². The average molecular weight is 352 g/mol. The Kier molecular flexibility index (Phi) is 4.43. The van der Waals surface area contributed by atoms with E-state index in [0.717, 1.165) is 18.4 Å². The highest BCUT2D eigenvalue weighted by molar-refractivity contribution is 5.92. The van der Waals surface area contributed by atoms with Gasteiger partial charge in [-0.3, -0.25) is 4.79 Å². The van der Waals surface area contributed by atoms with E-state index >= 15 is 0 Å². The van der Waals surface area contributed by atoms with Crippen LogP contribution in [0.1, 0.15) is 46.6 Å². The first kappa shape index (κ1) is 16.4. The number of amides is 1. The van der Waals surface area contributed by atoms with Gasteiger partial charge in [-0.15, -0.1) is 5.10 Å². The average Bonchev–Trinajstić information content (AvgIpc) is 3.33. The fourth-order valence-corrected chi connectivity index (χ4v) is 3.19. The molecule has 7 heteroatoms. The van der Waals surface area contributed by atoms with Crippen LogP contribution in [0.4, 0.5) is 4.39 Å². The summed E-state index contributed by atoms with van der Waals surface area (Å²) in [5, 5.41) is 7.67. The van der Waals surface area contributed by atoms with Crippen LogP contribution in [0.3, 0.4) is 0 Å². The van der Waals surface area contributed by atoms with Gasteiger partial charge < -0.3 is 9.32 Å². The van der Waals surface area contributed by atoms with E-state index in [1.54, 1.807) is 35.4 Å². The van der Waals surface area contributed by atoms with Crippen LogP contribution in [0.2, 0.25) is 0 Å². The maximum absolute atomic E-state index is 13.0. The van der Waals surface area contributed by atoms with Crippen LogP contribution >= 0.6 is 0 Å². The van der Waals surface area contributed by atoms with Crippen molar-refractivity contribution in [1.82, 2.24) is 20.1 Å². The molecule has 1 fully saturated rings. The molecule has 1 aliphatic rings. The van der Waals surface area contributed by atoms with Crippen LogP contribution < -0.4 is 0 Å². The van der Waals surface area contributed by atoms with Gasteiger partial charge in [-0.05, 0) is 42.7 Å². The monoisotopic (exact) mass is 352 g/mol. The van der Waals surface area contributed by atoms with Crippen molar-refractivity contribution in [2.75, 3.05) is 6.54 Å². The zero-order valence-electron chi connectivity index (χ0n) is 14.0. The van der Waals surface area contributed by atoms with E-state index in [2.05, 4.69) is 15.2 Å². The number of hydrogen-bond donors (Lipinski definition) is 0. The van der Waals surface area contributed by atoms with Crippen LogP contribution in [0.15, 0.2) is 53.2 Å². The first-order chi connectivity index (χ1) is 12.7. The highest BCUT2D eigenvalue weighted by atomic mass is 19.1. The van der Waals surface area contributed by atoms with E-state index in [-0.39, 0.29) is 17.8 Å². The Bertz CT molecular complexity index is 895. The second kappa shape index (κ2) is 7.03. The van der Waals surface area contributed by atoms with Crippen LogP contribution in [0.5, 0.6) is 0 Å². The molecule has 0 aliphatic carbocycles. The Hall–Kier alpha value is -3.09. The molecule has 0 radical (unpaired) electrons. The van der Waals surface area contributed by atoms with Crippen molar-refractivity contribution < 1.29 is 13.6 Å². The number of hydrogen-bond acceptors (Lipinski definition) is 5. The summed E-state index contributed by atoms with van der Waals surface area (Å²) in [5.74, 6) is 0.775. The zero-order chi connectivity index (χ0) is 17.9. The SMILES string of the molecule is O=C(c1cccnn1)N1CCCC1c1ncc(Cc2ccc(F)cc2)o1. The van der Waals surface area contributed by atoms with Gasteiger partial charge in [0, 0.05) is 19.2 Å². The van der Waals surface area contributed by atoms with Gasteiger partial charge >= 0.3 is 0 Å². The first-order valence-corrected chi connectivity index (χ1v) is 8.48. The summed E-state index contributed by atoms with van der Waals surface area (Å²) in [7, 11) is 0. The van der Waals surface area contributed by atoms with Gasteiger partial charge in [-0.2, -0.15) is 5.10 Å². The third kappa shape index (κ3) is 3.33. The van der Waals surface area contributed by atoms with Crippen molar-refractivity contribution in [2.24, 2.45) is 0 Å². The Morgan fingerprint density at radius 1 is 1.27 bits per heavy atom. The highest BCUT2D eigenvalue weighted by Gasteiger charge is 2.34. The van der Waals surface area contributed by atoms with Crippen molar-refractivity contribution >= 4 is 5.91 Å². The lowest BCUT2D eigenvalue weighted by Crippen LogP contribution is -2.31. The fraction of sp³-hybridized carbons (Fsp3) is 0.263. The number of likely N-dealkylation sites (tertiary alicyclic amines) is 1. The number of carbonyl (C=O) groups is 1. The van der Waals surface area contributed by atoms with E-state index in [0.29, 0.717) is 30.3 Å². The number of oxazole rings is 1. The molecule has 1 aromatic carbocycles. The van der Waals surface area contributed by atoms with Crippen LogP contribution in [-0.2, 0) is 6.42 Å². The predicted octanol–water partition coefficient (Wildman–Crippen LogP) is 3.17. The number of aromatic nitrogens is 3. The lowest BCUT2D eigenvalue weighted by atomic mass is 10.1. The quantitative estimate of drug-likeness (QED) is 0.721. The number of halogens is 1. The van der Waals surface area contributed by atoms with Gasteiger partial charge in [0.15, 0.2) is 5.69 Å². The maximum atomic E-state index is 13.0. The topological polar surface area (TPSA) is 72.1 Å². The maximum Gasteiger partial charge on any atom is 0.275 e. The molecule has 6 nitrogen and oxygen atoms in total. The van der Waals surface area contributed by atoms with Crippen molar-refractivity contribution in [3.8, 4) is 0 Å². The zero-order valence-corrected chi connectivity index (χ0v) is 14.0. The molecule has 0 saturated carbocycles.